The summed E-state index contributed by atoms with van der Waals surface area (Å²) in [5.41, 5.74) is 14.4. The van der Waals surface area contributed by atoms with Gasteiger partial charge in [0.25, 0.3) is 0 Å². The molecule has 0 bridgehead atoms. The van der Waals surface area contributed by atoms with Gasteiger partial charge in [0.15, 0.2) is 0 Å². The number of nitrogens with two attached hydrogens (primary N) is 2. The quantitative estimate of drug-likeness (QED) is 0.495. The molecule has 0 aliphatic heterocycles. The Hall–Kier alpha value is -2.54. The van der Waals surface area contributed by atoms with E-state index in [1.807, 2.05) is 18.2 Å². The van der Waals surface area contributed by atoms with Crippen molar-refractivity contribution in [1.82, 2.24) is 0 Å². The van der Waals surface area contributed by atoms with Gasteiger partial charge in [0, 0.05) is 15.8 Å². The Morgan fingerprint density at radius 2 is 1.38 bits per heavy atom. The zero-order chi connectivity index (χ0) is 21.4. The predicted octanol–water partition coefficient (Wildman–Crippen LogP) is 4.92. The predicted molar refractivity (Wildman–Crippen MR) is 118 cm³/mol. The monoisotopic (exact) mass is 462 g/mol. The fraction of sp³-hybridized carbons (Fsp3) is 0.364. The average molecular weight is 463 g/mol. The molecule has 0 amide bonds. The van der Waals surface area contributed by atoms with Crippen LogP contribution in [-0.4, -0.2) is 26.2 Å². The molecule has 4 N–H and O–H groups in total. The fourth-order valence-electron chi connectivity index (χ4n) is 3.37. The van der Waals surface area contributed by atoms with Crippen molar-refractivity contribution in [3.8, 4) is 0 Å². The zero-order valence-corrected chi connectivity index (χ0v) is 18.3. The summed E-state index contributed by atoms with van der Waals surface area (Å²) in [6.07, 6.45) is 6.32. The number of anilines is 2. The van der Waals surface area contributed by atoms with Crippen molar-refractivity contribution in [1.29, 1.82) is 0 Å². The molecule has 29 heavy (non-hydrogen) atoms. The number of esters is 2. The van der Waals surface area contributed by atoms with Gasteiger partial charge in [-0.1, -0.05) is 41.3 Å². The minimum atomic E-state index is -0.422. The molecule has 1 saturated carbocycles. The van der Waals surface area contributed by atoms with E-state index in [0.717, 1.165) is 4.47 Å². The first kappa shape index (κ1) is 22.7. The average Bonchev–Trinajstić information content (AvgIpc) is 2.75. The second-order valence-electron chi connectivity index (χ2n) is 6.90. The summed E-state index contributed by atoms with van der Waals surface area (Å²) in [5.74, 6) is -0.193. The van der Waals surface area contributed by atoms with Crippen molar-refractivity contribution < 1.29 is 19.1 Å². The number of methoxy groups -OCH3 is 2. The molecule has 0 saturated heterocycles. The van der Waals surface area contributed by atoms with E-state index in [-0.39, 0.29) is 5.97 Å². The summed E-state index contributed by atoms with van der Waals surface area (Å²) in [6.45, 7) is 0. The Bertz CT molecular complexity index is 864. The molecule has 3 rings (SSSR count). The van der Waals surface area contributed by atoms with E-state index in [1.165, 1.54) is 51.9 Å². The molecule has 0 spiro atoms. The van der Waals surface area contributed by atoms with Crippen LogP contribution >= 0.6 is 15.9 Å². The highest BCUT2D eigenvalue weighted by molar-refractivity contribution is 9.10. The first-order valence-corrected chi connectivity index (χ1v) is 10.3. The number of benzene rings is 2. The van der Waals surface area contributed by atoms with E-state index in [2.05, 4.69) is 20.7 Å². The summed E-state index contributed by atoms with van der Waals surface area (Å²) in [7, 11) is 2.71. The molecule has 1 aliphatic carbocycles. The first-order valence-electron chi connectivity index (χ1n) is 9.48. The smallest absolute Gasteiger partial charge is 0.339 e. The van der Waals surface area contributed by atoms with Crippen LogP contribution in [0.15, 0.2) is 40.9 Å². The zero-order valence-electron chi connectivity index (χ0n) is 16.7. The second-order valence-corrected chi connectivity index (χ2v) is 7.81. The Morgan fingerprint density at radius 3 is 1.93 bits per heavy atom. The molecule has 2 aromatic carbocycles. The third-order valence-corrected chi connectivity index (χ3v) is 5.47. The van der Waals surface area contributed by atoms with Gasteiger partial charge in [0.1, 0.15) is 0 Å². The van der Waals surface area contributed by atoms with Crippen LogP contribution < -0.4 is 11.5 Å². The van der Waals surface area contributed by atoms with Crippen LogP contribution in [0.25, 0.3) is 0 Å². The lowest BCUT2D eigenvalue weighted by Gasteiger charge is -2.22. The number of carbonyl (C=O) groups excluding carboxylic acids is 2. The van der Waals surface area contributed by atoms with Crippen LogP contribution in [0.3, 0.4) is 0 Å². The number of halogens is 1. The van der Waals surface area contributed by atoms with Crippen LogP contribution in [-0.2, 0) is 9.47 Å². The van der Waals surface area contributed by atoms with E-state index in [4.69, 9.17) is 16.2 Å². The number of ether oxygens (including phenoxy) is 2. The Labute approximate surface area is 179 Å². The molecule has 1 aliphatic rings. The summed E-state index contributed by atoms with van der Waals surface area (Å²) >= 11 is 3.23. The molecule has 156 valence electrons. The minimum absolute atomic E-state index is 0.347. The standard InChI is InChI=1S/C14H19NO2.C8H8BrNO2/c1-17-14(16)12-9-11(7-8-13(12)15)10-5-3-2-4-6-10;1-12-8(11)6-4-5(9)2-3-7(6)10/h7-10H,2-6,15H2,1H3;2-4H,10H2,1H3. The van der Waals surface area contributed by atoms with Crippen LogP contribution in [0.1, 0.15) is 64.3 Å². The molecule has 0 heterocycles. The van der Waals surface area contributed by atoms with Crippen molar-refractivity contribution in [2.24, 2.45) is 0 Å². The number of hydrogen-bond acceptors (Lipinski definition) is 6. The van der Waals surface area contributed by atoms with E-state index in [0.29, 0.717) is 28.4 Å². The van der Waals surface area contributed by atoms with E-state index < -0.39 is 5.97 Å². The maximum atomic E-state index is 11.6. The molecule has 0 unspecified atom stereocenters. The van der Waals surface area contributed by atoms with E-state index in [9.17, 15) is 9.59 Å². The Balaban J connectivity index is 0.000000221. The third kappa shape index (κ3) is 6.22. The molecule has 7 heteroatoms. The molecule has 6 nitrogen and oxygen atoms in total. The highest BCUT2D eigenvalue weighted by atomic mass is 79.9. The lowest BCUT2D eigenvalue weighted by atomic mass is 9.83. The lowest BCUT2D eigenvalue weighted by Crippen LogP contribution is -2.09. The fourth-order valence-corrected chi connectivity index (χ4v) is 3.73. The van der Waals surface area contributed by atoms with Gasteiger partial charge in [-0.2, -0.15) is 0 Å². The Kier molecular flexibility index (Phi) is 8.51. The number of nitrogen functional groups attached to an aromatic ring is 2. The van der Waals surface area contributed by atoms with Crippen molar-refractivity contribution >= 4 is 39.2 Å². The van der Waals surface area contributed by atoms with Crippen molar-refractivity contribution in [2.45, 2.75) is 38.0 Å². The van der Waals surface area contributed by atoms with Gasteiger partial charge in [-0.25, -0.2) is 9.59 Å². The maximum Gasteiger partial charge on any atom is 0.339 e. The van der Waals surface area contributed by atoms with Crippen molar-refractivity contribution in [3.05, 3.63) is 57.6 Å². The molecule has 0 radical (unpaired) electrons. The summed E-state index contributed by atoms with van der Waals surface area (Å²) < 4.78 is 10.1. The largest absolute Gasteiger partial charge is 0.465 e. The van der Waals surface area contributed by atoms with E-state index in [1.54, 1.807) is 18.2 Å². The van der Waals surface area contributed by atoms with Crippen LogP contribution in [0, 0.1) is 0 Å². The normalized spacial score (nSPS) is 13.8. The van der Waals surface area contributed by atoms with Crippen molar-refractivity contribution in [3.63, 3.8) is 0 Å². The molecule has 1 fully saturated rings. The lowest BCUT2D eigenvalue weighted by molar-refractivity contribution is 0.0593. The van der Waals surface area contributed by atoms with Crippen molar-refractivity contribution in [2.75, 3.05) is 25.7 Å². The van der Waals surface area contributed by atoms with Gasteiger partial charge in [-0.3, -0.25) is 0 Å². The summed E-state index contributed by atoms with van der Waals surface area (Å²) in [4.78, 5) is 22.6. The highest BCUT2D eigenvalue weighted by Crippen LogP contribution is 2.33. The molecule has 0 aromatic heterocycles. The van der Waals surface area contributed by atoms with Crippen LogP contribution in [0.5, 0.6) is 0 Å². The molecule has 2 aromatic rings. The highest BCUT2D eigenvalue weighted by Gasteiger charge is 2.18. The van der Waals surface area contributed by atoms with Crippen LogP contribution in [0.4, 0.5) is 11.4 Å². The molecular formula is C22H27BrN2O4. The van der Waals surface area contributed by atoms with Gasteiger partial charge < -0.3 is 20.9 Å². The third-order valence-electron chi connectivity index (χ3n) is 4.98. The molecule has 0 atom stereocenters. The maximum absolute atomic E-state index is 11.6. The SMILES string of the molecule is COC(=O)c1cc(Br)ccc1N.COC(=O)c1cc(C2CCCCC2)ccc1N. The first-order chi connectivity index (χ1) is 13.9. The number of rotatable bonds is 3. The van der Waals surface area contributed by atoms with Gasteiger partial charge in [0.05, 0.1) is 25.3 Å². The number of hydrogen-bond donors (Lipinski definition) is 2. The minimum Gasteiger partial charge on any atom is -0.465 e. The van der Waals surface area contributed by atoms with E-state index >= 15 is 0 Å². The summed E-state index contributed by atoms with van der Waals surface area (Å²) in [5, 5.41) is 0. The van der Waals surface area contributed by atoms with Crippen LogP contribution in [0.2, 0.25) is 0 Å². The van der Waals surface area contributed by atoms with Gasteiger partial charge in [0.2, 0.25) is 0 Å². The van der Waals surface area contributed by atoms with Gasteiger partial charge in [-0.15, -0.1) is 0 Å². The topological polar surface area (TPSA) is 105 Å². The molecular weight excluding hydrogens is 436 g/mol. The number of carbonyl (C=O) groups is 2. The van der Waals surface area contributed by atoms with Gasteiger partial charge >= 0.3 is 11.9 Å². The summed E-state index contributed by atoms with van der Waals surface area (Å²) in [6, 6.07) is 10.8. The van der Waals surface area contributed by atoms with Gasteiger partial charge in [-0.05, 0) is 54.7 Å². The second kappa shape index (κ2) is 10.9. The Morgan fingerprint density at radius 1 is 0.862 bits per heavy atom.